The molecule has 3 aliphatic rings. The molecule has 2 heterocycles. The van der Waals surface area contributed by atoms with Gasteiger partial charge in [0.05, 0.1) is 12.2 Å². The Morgan fingerprint density at radius 3 is 2.38 bits per heavy atom. The molecule has 1 saturated carbocycles. The van der Waals surface area contributed by atoms with E-state index in [9.17, 15) is 0 Å². The van der Waals surface area contributed by atoms with E-state index < -0.39 is 0 Å². The molecule has 0 aromatic rings. The molecule has 0 radical (unpaired) electrons. The lowest BCUT2D eigenvalue weighted by atomic mass is 9.73. The average molecular weight is 294 g/mol. The zero-order chi connectivity index (χ0) is 14.7. The second-order valence-electron chi connectivity index (χ2n) is 8.24. The third-order valence-corrected chi connectivity index (χ3v) is 5.65. The number of fused-ring (bicyclic) bond motifs is 2. The Bertz CT molecular complexity index is 313. The molecule has 1 N–H and O–H groups in total. The quantitative estimate of drug-likeness (QED) is 0.815. The van der Waals surface area contributed by atoms with E-state index in [0.29, 0.717) is 17.6 Å². The van der Waals surface area contributed by atoms with Crippen LogP contribution in [0.3, 0.4) is 0 Å². The standard InChI is InChI=1S/C18H34N2O/c1-15(2)10-19-13-18(8-4-3-5-9-18)14-20-11-16-6-7-17(12-20)21-16/h15-17,19H,3-14H2,1-2H3. The topological polar surface area (TPSA) is 24.5 Å². The fourth-order valence-electron chi connectivity index (χ4n) is 4.62. The van der Waals surface area contributed by atoms with Gasteiger partial charge in [0.15, 0.2) is 0 Å². The fraction of sp³-hybridized carbons (Fsp3) is 1.00. The highest BCUT2D eigenvalue weighted by atomic mass is 16.5. The highest BCUT2D eigenvalue weighted by Crippen LogP contribution is 2.38. The molecule has 3 rings (SSSR count). The summed E-state index contributed by atoms with van der Waals surface area (Å²) in [4.78, 5) is 2.73. The molecule has 2 unspecified atom stereocenters. The normalized spacial score (nSPS) is 32.7. The van der Waals surface area contributed by atoms with Crippen molar-refractivity contribution in [3.63, 3.8) is 0 Å². The molecule has 0 aromatic heterocycles. The van der Waals surface area contributed by atoms with Crippen molar-refractivity contribution in [3.05, 3.63) is 0 Å². The van der Waals surface area contributed by atoms with E-state index in [-0.39, 0.29) is 0 Å². The summed E-state index contributed by atoms with van der Waals surface area (Å²) in [6.07, 6.45) is 10.8. The molecule has 122 valence electrons. The predicted octanol–water partition coefficient (Wildman–Crippen LogP) is 3.05. The number of rotatable bonds is 6. The number of ether oxygens (including phenoxy) is 1. The molecule has 21 heavy (non-hydrogen) atoms. The summed E-state index contributed by atoms with van der Waals surface area (Å²) in [5, 5.41) is 3.77. The summed E-state index contributed by atoms with van der Waals surface area (Å²) >= 11 is 0. The Morgan fingerprint density at radius 2 is 1.76 bits per heavy atom. The van der Waals surface area contributed by atoms with Crippen LogP contribution in [0.1, 0.15) is 58.8 Å². The number of hydrogen-bond donors (Lipinski definition) is 1. The maximum absolute atomic E-state index is 6.00. The first-order chi connectivity index (χ1) is 10.2. The summed E-state index contributed by atoms with van der Waals surface area (Å²) < 4.78 is 6.00. The van der Waals surface area contributed by atoms with E-state index in [1.165, 1.54) is 71.1 Å². The van der Waals surface area contributed by atoms with Crippen molar-refractivity contribution in [3.8, 4) is 0 Å². The molecule has 3 nitrogen and oxygen atoms in total. The zero-order valence-electron chi connectivity index (χ0n) is 14.1. The van der Waals surface area contributed by atoms with Crippen molar-refractivity contribution in [2.45, 2.75) is 71.0 Å². The maximum Gasteiger partial charge on any atom is 0.0707 e. The lowest BCUT2D eigenvalue weighted by Gasteiger charge is -2.44. The van der Waals surface area contributed by atoms with Crippen LogP contribution in [-0.2, 0) is 4.74 Å². The molecule has 1 aliphatic carbocycles. The molecule has 2 bridgehead atoms. The first-order valence-corrected chi connectivity index (χ1v) is 9.24. The Balaban J connectivity index is 1.56. The van der Waals surface area contributed by atoms with E-state index in [2.05, 4.69) is 24.1 Å². The molecule has 2 aliphatic heterocycles. The largest absolute Gasteiger partial charge is 0.372 e. The van der Waals surface area contributed by atoms with Gasteiger partial charge in [-0.2, -0.15) is 0 Å². The van der Waals surface area contributed by atoms with E-state index in [0.717, 1.165) is 12.5 Å². The monoisotopic (exact) mass is 294 g/mol. The summed E-state index contributed by atoms with van der Waals surface area (Å²) in [7, 11) is 0. The van der Waals surface area contributed by atoms with Crippen LogP contribution in [0, 0.1) is 11.3 Å². The maximum atomic E-state index is 6.00. The van der Waals surface area contributed by atoms with Gasteiger partial charge in [0.2, 0.25) is 0 Å². The van der Waals surface area contributed by atoms with Crippen molar-refractivity contribution >= 4 is 0 Å². The molecule has 2 atom stereocenters. The van der Waals surface area contributed by atoms with E-state index in [1.807, 2.05) is 0 Å². The van der Waals surface area contributed by atoms with Gasteiger partial charge < -0.3 is 10.1 Å². The lowest BCUT2D eigenvalue weighted by Crippen LogP contribution is -2.51. The number of hydrogen-bond acceptors (Lipinski definition) is 3. The van der Waals surface area contributed by atoms with Crippen molar-refractivity contribution in [2.75, 3.05) is 32.7 Å². The van der Waals surface area contributed by atoms with Gasteiger partial charge in [-0.25, -0.2) is 0 Å². The van der Waals surface area contributed by atoms with Gasteiger partial charge in [-0.1, -0.05) is 33.1 Å². The smallest absolute Gasteiger partial charge is 0.0707 e. The Labute approximate surface area is 130 Å². The SMILES string of the molecule is CC(C)CNCC1(CN2CC3CCC(C2)O3)CCCCC1. The van der Waals surface area contributed by atoms with E-state index in [1.54, 1.807) is 0 Å². The third-order valence-electron chi connectivity index (χ3n) is 5.65. The minimum atomic E-state index is 0.532. The highest BCUT2D eigenvalue weighted by Gasteiger charge is 2.39. The van der Waals surface area contributed by atoms with Crippen molar-refractivity contribution in [1.82, 2.24) is 10.2 Å². The molecule has 0 spiro atoms. The molecular weight excluding hydrogens is 260 g/mol. The summed E-state index contributed by atoms with van der Waals surface area (Å²) in [5.74, 6) is 0.755. The zero-order valence-corrected chi connectivity index (χ0v) is 14.1. The molecular formula is C18H34N2O. The Kier molecular flexibility index (Phi) is 5.23. The Hall–Kier alpha value is -0.120. The number of nitrogens with zero attached hydrogens (tertiary/aromatic N) is 1. The minimum Gasteiger partial charge on any atom is -0.372 e. The van der Waals surface area contributed by atoms with Gasteiger partial charge in [-0.05, 0) is 43.6 Å². The van der Waals surface area contributed by atoms with Gasteiger partial charge in [0.1, 0.15) is 0 Å². The van der Waals surface area contributed by atoms with Gasteiger partial charge in [0.25, 0.3) is 0 Å². The second-order valence-corrected chi connectivity index (χ2v) is 8.24. The van der Waals surface area contributed by atoms with Crippen LogP contribution in [0.5, 0.6) is 0 Å². The van der Waals surface area contributed by atoms with Crippen LogP contribution < -0.4 is 5.32 Å². The van der Waals surface area contributed by atoms with Crippen LogP contribution in [0.15, 0.2) is 0 Å². The van der Waals surface area contributed by atoms with Gasteiger partial charge in [-0.3, -0.25) is 4.90 Å². The average Bonchev–Trinajstić information content (AvgIpc) is 2.78. The highest BCUT2D eigenvalue weighted by molar-refractivity contribution is 4.92. The summed E-state index contributed by atoms with van der Waals surface area (Å²) in [6.45, 7) is 10.7. The molecule has 2 saturated heterocycles. The molecule has 3 fully saturated rings. The molecule has 0 aromatic carbocycles. The third kappa shape index (κ3) is 4.20. The minimum absolute atomic E-state index is 0.532. The van der Waals surface area contributed by atoms with Crippen LogP contribution in [0.25, 0.3) is 0 Å². The van der Waals surface area contributed by atoms with Gasteiger partial charge >= 0.3 is 0 Å². The molecule has 3 heteroatoms. The van der Waals surface area contributed by atoms with E-state index in [4.69, 9.17) is 4.74 Å². The van der Waals surface area contributed by atoms with Crippen LogP contribution in [0.4, 0.5) is 0 Å². The summed E-state index contributed by atoms with van der Waals surface area (Å²) in [5.41, 5.74) is 0.532. The van der Waals surface area contributed by atoms with Crippen LogP contribution >= 0.6 is 0 Å². The van der Waals surface area contributed by atoms with Crippen molar-refractivity contribution < 1.29 is 4.74 Å². The Morgan fingerprint density at radius 1 is 1.10 bits per heavy atom. The second kappa shape index (κ2) is 6.97. The number of nitrogens with one attached hydrogen (secondary N) is 1. The van der Waals surface area contributed by atoms with Crippen molar-refractivity contribution in [2.24, 2.45) is 11.3 Å². The van der Waals surface area contributed by atoms with Gasteiger partial charge in [-0.15, -0.1) is 0 Å². The molecule has 0 amide bonds. The number of morpholine rings is 1. The number of likely N-dealkylation sites (tertiary alicyclic amines) is 1. The van der Waals surface area contributed by atoms with Gasteiger partial charge in [0, 0.05) is 26.2 Å². The first-order valence-electron chi connectivity index (χ1n) is 9.24. The first kappa shape index (κ1) is 15.8. The summed E-state index contributed by atoms with van der Waals surface area (Å²) in [6, 6.07) is 0. The van der Waals surface area contributed by atoms with Crippen LogP contribution in [0.2, 0.25) is 0 Å². The van der Waals surface area contributed by atoms with Crippen molar-refractivity contribution in [1.29, 1.82) is 0 Å². The van der Waals surface area contributed by atoms with Crippen LogP contribution in [-0.4, -0.2) is 49.8 Å². The fourth-order valence-corrected chi connectivity index (χ4v) is 4.62. The predicted molar refractivity (Wildman–Crippen MR) is 87.6 cm³/mol. The lowest BCUT2D eigenvalue weighted by molar-refractivity contribution is -0.0542. The van der Waals surface area contributed by atoms with E-state index >= 15 is 0 Å².